The summed E-state index contributed by atoms with van der Waals surface area (Å²) >= 11 is 5.72. The highest BCUT2D eigenvalue weighted by Crippen LogP contribution is 2.25. The van der Waals surface area contributed by atoms with Crippen LogP contribution in [0.5, 0.6) is 5.75 Å². The largest absolute Gasteiger partial charge is 0.487 e. The minimum Gasteiger partial charge on any atom is -0.487 e. The van der Waals surface area contributed by atoms with Gasteiger partial charge in [0.25, 0.3) is 0 Å². The number of hydrogen-bond donors (Lipinski definition) is 0. The maximum absolute atomic E-state index is 13.5. The fraction of sp³-hybridized carbons (Fsp3) is 0.500. The average Bonchev–Trinajstić information content (AvgIpc) is 2.29. The summed E-state index contributed by atoms with van der Waals surface area (Å²) in [5.74, 6) is 0.118. The van der Waals surface area contributed by atoms with E-state index in [0.29, 0.717) is 18.6 Å². The van der Waals surface area contributed by atoms with Gasteiger partial charge in [0.15, 0.2) is 11.6 Å². The van der Waals surface area contributed by atoms with Crippen molar-refractivity contribution in [1.82, 2.24) is 0 Å². The lowest BCUT2D eigenvalue weighted by molar-refractivity contribution is 0.131. The van der Waals surface area contributed by atoms with Crippen LogP contribution in [-0.2, 0) is 10.6 Å². The zero-order valence-corrected chi connectivity index (χ0v) is 10.3. The van der Waals surface area contributed by atoms with E-state index >= 15 is 0 Å². The summed E-state index contributed by atoms with van der Waals surface area (Å²) in [4.78, 5) is 0. The van der Waals surface area contributed by atoms with Gasteiger partial charge in [-0.05, 0) is 13.0 Å². The third-order valence-electron chi connectivity index (χ3n) is 2.24. The number of hydrogen-bond acceptors (Lipinski definition) is 2. The van der Waals surface area contributed by atoms with E-state index in [0.717, 1.165) is 0 Å². The number of rotatable bonds is 6. The van der Waals surface area contributed by atoms with Crippen molar-refractivity contribution < 1.29 is 13.9 Å². The third-order valence-corrected chi connectivity index (χ3v) is 2.53. The van der Waals surface area contributed by atoms with Crippen molar-refractivity contribution in [1.29, 1.82) is 0 Å². The second-order valence-corrected chi connectivity index (χ2v) is 3.84. The molecule has 0 bridgehead atoms. The Kier molecular flexibility index (Phi) is 5.56. The second-order valence-electron chi connectivity index (χ2n) is 3.57. The van der Waals surface area contributed by atoms with Gasteiger partial charge in [0.1, 0.15) is 0 Å². The van der Waals surface area contributed by atoms with E-state index in [1.54, 1.807) is 19.2 Å². The number of benzene rings is 1. The number of para-hydroxylation sites is 1. The summed E-state index contributed by atoms with van der Waals surface area (Å²) in [6.07, 6.45) is 0.617. The fourth-order valence-electron chi connectivity index (χ4n) is 1.33. The van der Waals surface area contributed by atoms with Gasteiger partial charge in [0.05, 0.1) is 12.0 Å². The van der Waals surface area contributed by atoms with Gasteiger partial charge in [-0.25, -0.2) is 4.39 Å². The molecular weight excluding hydrogens is 231 g/mol. The Balaban J connectivity index is 2.71. The normalized spacial score (nSPS) is 12.5. The van der Waals surface area contributed by atoms with Crippen molar-refractivity contribution in [2.75, 3.05) is 13.7 Å². The van der Waals surface area contributed by atoms with Crippen LogP contribution in [0.4, 0.5) is 4.39 Å². The molecule has 90 valence electrons. The first-order chi connectivity index (χ1) is 7.69. The van der Waals surface area contributed by atoms with Crippen LogP contribution in [0.15, 0.2) is 18.2 Å². The molecule has 16 heavy (non-hydrogen) atoms. The molecule has 0 heterocycles. The van der Waals surface area contributed by atoms with E-state index in [1.807, 2.05) is 6.92 Å². The summed E-state index contributed by atoms with van der Waals surface area (Å²) in [6, 6.07) is 4.75. The lowest BCUT2D eigenvalue weighted by atomic mass is 10.2. The van der Waals surface area contributed by atoms with Crippen molar-refractivity contribution in [2.45, 2.75) is 25.3 Å². The van der Waals surface area contributed by atoms with E-state index in [9.17, 15) is 4.39 Å². The summed E-state index contributed by atoms with van der Waals surface area (Å²) in [5.41, 5.74) is 0.672. The Morgan fingerprint density at radius 3 is 2.81 bits per heavy atom. The first kappa shape index (κ1) is 13.3. The van der Waals surface area contributed by atoms with Crippen LogP contribution in [0, 0.1) is 5.82 Å². The van der Waals surface area contributed by atoms with E-state index < -0.39 is 0 Å². The summed E-state index contributed by atoms with van der Waals surface area (Å²) in [7, 11) is 1.63. The topological polar surface area (TPSA) is 18.5 Å². The predicted octanol–water partition coefficient (Wildman–Crippen LogP) is 3.37. The standard InChI is InChI=1S/C12H16ClFO2/c1-9(6-7-15-2)16-12-10(8-13)4-3-5-11(12)14/h3-5,9H,6-8H2,1-2H3. The monoisotopic (exact) mass is 246 g/mol. The maximum Gasteiger partial charge on any atom is 0.165 e. The molecule has 0 aliphatic heterocycles. The summed E-state index contributed by atoms with van der Waals surface area (Å²) < 4.78 is 24.0. The van der Waals surface area contributed by atoms with E-state index in [2.05, 4.69) is 0 Å². The maximum atomic E-state index is 13.5. The van der Waals surface area contributed by atoms with E-state index in [1.165, 1.54) is 6.07 Å². The Labute approximate surface area is 100 Å². The Morgan fingerprint density at radius 2 is 2.19 bits per heavy atom. The van der Waals surface area contributed by atoms with Crippen LogP contribution in [0.25, 0.3) is 0 Å². The lowest BCUT2D eigenvalue weighted by Crippen LogP contribution is -2.15. The molecule has 1 rings (SSSR count). The molecule has 0 N–H and O–H groups in total. The van der Waals surface area contributed by atoms with Gasteiger partial charge in [-0.3, -0.25) is 0 Å². The number of alkyl halides is 1. The van der Waals surface area contributed by atoms with Crippen LogP contribution in [0.3, 0.4) is 0 Å². The van der Waals surface area contributed by atoms with Crippen LogP contribution in [0.2, 0.25) is 0 Å². The van der Waals surface area contributed by atoms with Gasteiger partial charge in [-0.2, -0.15) is 0 Å². The van der Waals surface area contributed by atoms with Gasteiger partial charge in [-0.15, -0.1) is 11.6 Å². The third kappa shape index (κ3) is 3.65. The van der Waals surface area contributed by atoms with Gasteiger partial charge in [0.2, 0.25) is 0 Å². The second kappa shape index (κ2) is 6.71. The molecule has 0 saturated heterocycles. The van der Waals surface area contributed by atoms with Crippen LogP contribution in [0.1, 0.15) is 18.9 Å². The first-order valence-electron chi connectivity index (χ1n) is 5.18. The lowest BCUT2D eigenvalue weighted by Gasteiger charge is -2.17. The van der Waals surface area contributed by atoms with Crippen molar-refractivity contribution in [3.05, 3.63) is 29.6 Å². The van der Waals surface area contributed by atoms with Gasteiger partial charge < -0.3 is 9.47 Å². The molecule has 4 heteroatoms. The average molecular weight is 247 g/mol. The Bertz CT molecular complexity index is 331. The van der Waals surface area contributed by atoms with Crippen molar-refractivity contribution in [2.24, 2.45) is 0 Å². The van der Waals surface area contributed by atoms with Crippen LogP contribution in [-0.4, -0.2) is 19.8 Å². The van der Waals surface area contributed by atoms with E-state index in [4.69, 9.17) is 21.1 Å². The molecular formula is C12H16ClFO2. The highest BCUT2D eigenvalue weighted by Gasteiger charge is 2.12. The summed E-state index contributed by atoms with van der Waals surface area (Å²) in [5, 5.41) is 0. The number of ether oxygens (including phenoxy) is 2. The first-order valence-corrected chi connectivity index (χ1v) is 5.71. The summed E-state index contributed by atoms with van der Waals surface area (Å²) in [6.45, 7) is 2.47. The molecule has 2 nitrogen and oxygen atoms in total. The van der Waals surface area contributed by atoms with Crippen molar-refractivity contribution in [3.63, 3.8) is 0 Å². The molecule has 0 amide bonds. The molecule has 0 saturated carbocycles. The smallest absolute Gasteiger partial charge is 0.165 e. The van der Waals surface area contributed by atoms with Gasteiger partial charge >= 0.3 is 0 Å². The number of halogens is 2. The number of methoxy groups -OCH3 is 1. The van der Waals surface area contributed by atoms with Crippen LogP contribution >= 0.6 is 11.6 Å². The molecule has 1 aromatic rings. The minimum absolute atomic E-state index is 0.0983. The van der Waals surface area contributed by atoms with Gasteiger partial charge in [-0.1, -0.05) is 12.1 Å². The van der Waals surface area contributed by atoms with Crippen molar-refractivity contribution in [3.8, 4) is 5.75 Å². The fourth-order valence-corrected chi connectivity index (χ4v) is 1.55. The molecule has 0 aromatic heterocycles. The molecule has 0 spiro atoms. The molecule has 0 fully saturated rings. The molecule has 0 aliphatic rings. The predicted molar refractivity (Wildman–Crippen MR) is 62.5 cm³/mol. The van der Waals surface area contributed by atoms with Crippen LogP contribution < -0.4 is 4.74 Å². The Hall–Kier alpha value is -0.800. The van der Waals surface area contributed by atoms with Crippen molar-refractivity contribution >= 4 is 11.6 Å². The molecule has 1 unspecified atom stereocenters. The molecule has 1 atom stereocenters. The highest BCUT2D eigenvalue weighted by molar-refractivity contribution is 6.17. The zero-order valence-electron chi connectivity index (χ0n) is 9.50. The molecule has 0 radical (unpaired) electrons. The highest BCUT2D eigenvalue weighted by atomic mass is 35.5. The molecule has 0 aliphatic carbocycles. The quantitative estimate of drug-likeness (QED) is 0.717. The zero-order chi connectivity index (χ0) is 12.0. The van der Waals surface area contributed by atoms with Gasteiger partial charge in [0, 0.05) is 25.7 Å². The minimum atomic E-state index is -0.373. The molecule has 1 aromatic carbocycles. The SMILES string of the molecule is COCCC(C)Oc1c(F)cccc1CCl. The van der Waals surface area contributed by atoms with E-state index in [-0.39, 0.29) is 23.6 Å². The Morgan fingerprint density at radius 1 is 1.44 bits per heavy atom.